The number of pyridine rings is 2. The van der Waals surface area contributed by atoms with Gasteiger partial charge in [-0.1, -0.05) is 36.4 Å². The highest BCUT2D eigenvalue weighted by Crippen LogP contribution is 2.34. The zero-order chi connectivity index (χ0) is 27.1. The summed E-state index contributed by atoms with van der Waals surface area (Å²) in [6.45, 7) is 0. The summed E-state index contributed by atoms with van der Waals surface area (Å²) in [5.74, 6) is 0.441. The number of anilines is 1. The Morgan fingerprint density at radius 1 is 0.975 bits per heavy atom. The third-order valence-electron chi connectivity index (χ3n) is 6.57. The number of hydrogen-bond donors (Lipinski definition) is 3. The summed E-state index contributed by atoms with van der Waals surface area (Å²) in [4.78, 5) is 30.2. The highest BCUT2D eigenvalue weighted by atomic mass is 32.1. The van der Waals surface area contributed by atoms with Crippen LogP contribution in [0, 0.1) is 5.13 Å². The normalized spacial score (nSPS) is 11.3. The van der Waals surface area contributed by atoms with Gasteiger partial charge in [0.2, 0.25) is 5.91 Å². The molecule has 0 unspecified atom stereocenters. The number of carbonyl (C=O) groups excluding carboxylic acids is 1. The van der Waals surface area contributed by atoms with E-state index in [0.717, 1.165) is 49.4 Å². The monoisotopic (exact) mass is 545 g/mol. The molecule has 194 valence electrons. The zero-order valence-electron chi connectivity index (χ0n) is 20.9. The smallest absolute Gasteiger partial charge is 0.228 e. The van der Waals surface area contributed by atoms with E-state index >= 15 is 0 Å². The van der Waals surface area contributed by atoms with Gasteiger partial charge in [0.25, 0.3) is 0 Å². The Labute approximate surface area is 231 Å². The van der Waals surface area contributed by atoms with Crippen LogP contribution < -0.4 is 5.32 Å². The third-order valence-corrected chi connectivity index (χ3v) is 7.48. The molecule has 0 aliphatic rings. The number of fused-ring (bicyclic) bond motifs is 2. The number of thiophene rings is 1. The number of aromatic nitrogens is 6. The summed E-state index contributed by atoms with van der Waals surface area (Å²) in [5.41, 5.74) is 6.84. The molecule has 0 atom stereocenters. The second-order valence-electron chi connectivity index (χ2n) is 9.25. The Hall–Kier alpha value is -5.22. The number of nitrogens with zero attached hydrogens (tertiary/aromatic N) is 4. The Morgan fingerprint density at radius 2 is 1.88 bits per heavy atom. The number of nitrogens with one attached hydrogen (secondary N) is 3. The number of H-pyrrole nitrogens is 2. The van der Waals surface area contributed by atoms with E-state index < -0.39 is 0 Å². The molecule has 2 aromatic carbocycles. The molecule has 10 heteroatoms. The fourth-order valence-electron chi connectivity index (χ4n) is 4.71. The van der Waals surface area contributed by atoms with Crippen LogP contribution in [0.25, 0.3) is 55.2 Å². The molecule has 7 aromatic rings. The van der Waals surface area contributed by atoms with E-state index in [4.69, 9.17) is 4.98 Å². The van der Waals surface area contributed by atoms with Crippen molar-refractivity contribution in [1.29, 1.82) is 0 Å². The van der Waals surface area contributed by atoms with Crippen molar-refractivity contribution in [2.75, 3.05) is 5.32 Å². The SMILES string of the molecule is O=C(Cc1ccccc1)Nc1cncc(-c2ccc3[nH]nc(-c4nc5c(-c6ccc(F)s6)ccnc5[nH]4)c3c2)c1. The average Bonchev–Trinajstić information content (AvgIpc) is 3.71. The Balaban J connectivity index is 1.21. The number of aromatic amines is 2. The highest BCUT2D eigenvalue weighted by Gasteiger charge is 2.17. The first kappa shape index (κ1) is 23.9. The van der Waals surface area contributed by atoms with E-state index in [0.29, 0.717) is 28.4 Å². The van der Waals surface area contributed by atoms with Crippen LogP contribution in [0.5, 0.6) is 0 Å². The lowest BCUT2D eigenvalue weighted by Gasteiger charge is -2.08. The third kappa shape index (κ3) is 4.50. The molecule has 5 aromatic heterocycles. The van der Waals surface area contributed by atoms with Gasteiger partial charge in [-0.15, -0.1) is 11.3 Å². The molecule has 1 amide bonds. The largest absolute Gasteiger partial charge is 0.324 e. The topological polar surface area (TPSA) is 112 Å². The summed E-state index contributed by atoms with van der Waals surface area (Å²) >= 11 is 1.07. The fourth-order valence-corrected chi connectivity index (χ4v) is 5.46. The number of carbonyl (C=O) groups is 1. The predicted molar refractivity (Wildman–Crippen MR) is 154 cm³/mol. The minimum Gasteiger partial charge on any atom is -0.324 e. The van der Waals surface area contributed by atoms with Crippen molar-refractivity contribution >= 4 is 45.0 Å². The van der Waals surface area contributed by atoms with Gasteiger partial charge in [-0.05, 0) is 47.5 Å². The molecule has 0 radical (unpaired) electrons. The van der Waals surface area contributed by atoms with Crippen LogP contribution in [0.15, 0.2) is 91.4 Å². The summed E-state index contributed by atoms with van der Waals surface area (Å²) in [7, 11) is 0. The van der Waals surface area contributed by atoms with Crippen molar-refractivity contribution in [3.63, 3.8) is 0 Å². The maximum atomic E-state index is 13.7. The van der Waals surface area contributed by atoms with E-state index in [1.165, 1.54) is 6.07 Å². The van der Waals surface area contributed by atoms with Crippen LogP contribution in [0.4, 0.5) is 10.1 Å². The van der Waals surface area contributed by atoms with Crippen molar-refractivity contribution in [2.45, 2.75) is 6.42 Å². The molecule has 0 aliphatic carbocycles. The van der Waals surface area contributed by atoms with Gasteiger partial charge >= 0.3 is 0 Å². The first-order chi connectivity index (χ1) is 19.6. The number of rotatable bonds is 6. The number of imidazole rings is 1. The fraction of sp³-hybridized carbons (Fsp3) is 0.0333. The van der Waals surface area contributed by atoms with Crippen molar-refractivity contribution in [1.82, 2.24) is 30.1 Å². The standard InChI is InChI=1S/C30H20FN7OS/c31-25-9-8-24(40-25)21-10-11-33-29-27(21)35-30(36-29)28-22-14-18(6-7-23(22)37-38-28)19-13-20(16-32-15-19)34-26(39)12-17-4-2-1-3-5-17/h1-11,13-16H,12H2,(H,34,39)(H,37,38)(H,33,35,36). The molecule has 40 heavy (non-hydrogen) atoms. The van der Waals surface area contributed by atoms with Crippen molar-refractivity contribution in [2.24, 2.45) is 0 Å². The van der Waals surface area contributed by atoms with Crippen LogP contribution in [0.3, 0.4) is 0 Å². The van der Waals surface area contributed by atoms with Crippen LogP contribution in [-0.2, 0) is 11.2 Å². The summed E-state index contributed by atoms with van der Waals surface area (Å²) in [6.07, 6.45) is 5.35. The lowest BCUT2D eigenvalue weighted by molar-refractivity contribution is -0.115. The van der Waals surface area contributed by atoms with Crippen molar-refractivity contribution in [3.8, 4) is 33.1 Å². The molecular weight excluding hydrogens is 525 g/mol. The number of amides is 1. The number of hydrogen-bond acceptors (Lipinski definition) is 6. The number of benzene rings is 2. The maximum Gasteiger partial charge on any atom is 0.228 e. The van der Waals surface area contributed by atoms with Gasteiger partial charge in [0, 0.05) is 33.8 Å². The number of halogens is 1. The van der Waals surface area contributed by atoms with Gasteiger partial charge in [-0.2, -0.15) is 9.49 Å². The van der Waals surface area contributed by atoms with E-state index in [9.17, 15) is 9.18 Å². The molecule has 0 bridgehead atoms. The maximum absolute atomic E-state index is 13.7. The predicted octanol–water partition coefficient (Wildman–Crippen LogP) is 6.61. The summed E-state index contributed by atoms with van der Waals surface area (Å²) in [6, 6.07) is 22.4. The minimum absolute atomic E-state index is 0.110. The Bertz CT molecular complexity index is 2010. The summed E-state index contributed by atoms with van der Waals surface area (Å²) in [5, 5.41) is 11.1. The molecule has 0 spiro atoms. The van der Waals surface area contributed by atoms with Crippen LogP contribution in [0.2, 0.25) is 0 Å². The molecule has 7 rings (SSSR count). The van der Waals surface area contributed by atoms with Gasteiger partial charge in [-0.25, -0.2) is 9.97 Å². The minimum atomic E-state index is -0.254. The summed E-state index contributed by atoms with van der Waals surface area (Å²) < 4.78 is 13.7. The Kier molecular flexibility index (Phi) is 5.86. The Morgan fingerprint density at radius 3 is 2.73 bits per heavy atom. The van der Waals surface area contributed by atoms with Crippen LogP contribution in [-0.4, -0.2) is 36.0 Å². The molecule has 0 fully saturated rings. The van der Waals surface area contributed by atoms with Crippen LogP contribution >= 0.6 is 11.3 Å². The van der Waals surface area contributed by atoms with Crippen molar-refractivity contribution in [3.05, 3.63) is 102 Å². The first-order valence-electron chi connectivity index (χ1n) is 12.5. The molecular formula is C30H20FN7OS. The van der Waals surface area contributed by atoms with Crippen molar-refractivity contribution < 1.29 is 9.18 Å². The average molecular weight is 546 g/mol. The molecule has 0 saturated heterocycles. The van der Waals surface area contributed by atoms with Crippen LogP contribution in [0.1, 0.15) is 5.56 Å². The van der Waals surface area contributed by atoms with E-state index in [-0.39, 0.29) is 17.5 Å². The van der Waals surface area contributed by atoms with E-state index in [1.54, 1.807) is 24.7 Å². The molecule has 8 nitrogen and oxygen atoms in total. The molecule has 0 saturated carbocycles. The van der Waals surface area contributed by atoms with Gasteiger partial charge in [-0.3, -0.25) is 14.9 Å². The second kappa shape index (κ2) is 9.83. The van der Waals surface area contributed by atoms with E-state index in [1.807, 2.05) is 60.7 Å². The van der Waals surface area contributed by atoms with Gasteiger partial charge in [0.1, 0.15) is 11.2 Å². The first-order valence-corrected chi connectivity index (χ1v) is 13.3. The quantitative estimate of drug-likeness (QED) is 0.218. The zero-order valence-corrected chi connectivity index (χ0v) is 21.7. The lowest BCUT2D eigenvalue weighted by atomic mass is 10.0. The highest BCUT2D eigenvalue weighted by molar-refractivity contribution is 7.14. The molecule has 5 heterocycles. The lowest BCUT2D eigenvalue weighted by Crippen LogP contribution is -2.14. The van der Waals surface area contributed by atoms with Gasteiger partial charge in [0.15, 0.2) is 16.6 Å². The van der Waals surface area contributed by atoms with E-state index in [2.05, 4.69) is 30.5 Å². The second-order valence-corrected chi connectivity index (χ2v) is 10.3. The molecule has 0 aliphatic heterocycles. The van der Waals surface area contributed by atoms with Gasteiger partial charge in [0.05, 0.1) is 23.8 Å². The van der Waals surface area contributed by atoms with Gasteiger partial charge < -0.3 is 10.3 Å². The molecule has 3 N–H and O–H groups in total.